The highest BCUT2D eigenvalue weighted by molar-refractivity contribution is 7.19. The molecule has 1 saturated heterocycles. The Hall–Kier alpha value is -3.48. The van der Waals surface area contributed by atoms with Gasteiger partial charge in [0.15, 0.2) is 0 Å². The molecule has 35 heavy (non-hydrogen) atoms. The number of β-amino-alcohol motifs (C(OH)–C–C–N with tert-alkyl or cyclic N) is 1. The van der Waals surface area contributed by atoms with Gasteiger partial charge in [0.1, 0.15) is 17.5 Å². The number of aliphatic hydroxyl groups excluding tert-OH is 1. The van der Waals surface area contributed by atoms with Crippen molar-refractivity contribution in [2.75, 3.05) is 13.2 Å². The number of imidazole rings is 1. The zero-order valence-corrected chi connectivity index (χ0v) is 20.3. The number of aliphatic hydroxyl groups is 1. The Labute approximate surface area is 202 Å². The second-order valence-corrected chi connectivity index (χ2v) is 10.2. The smallest absolute Gasteiger partial charge is 0.331 e. The summed E-state index contributed by atoms with van der Waals surface area (Å²) in [5.41, 5.74) is -0.0578. The van der Waals surface area contributed by atoms with Crippen molar-refractivity contribution in [1.82, 2.24) is 23.7 Å². The Morgan fingerprint density at radius 3 is 2.66 bits per heavy atom. The minimum absolute atomic E-state index is 0.0126. The van der Waals surface area contributed by atoms with E-state index in [0.717, 1.165) is 21.0 Å². The first-order valence-electron chi connectivity index (χ1n) is 11.2. The summed E-state index contributed by atoms with van der Waals surface area (Å²) in [6, 6.07) is 7.18. The van der Waals surface area contributed by atoms with Gasteiger partial charge >= 0.3 is 11.4 Å². The maximum Gasteiger partial charge on any atom is 0.331 e. The van der Waals surface area contributed by atoms with Crippen LogP contribution in [0.3, 0.4) is 0 Å². The third-order valence-corrected chi connectivity index (χ3v) is 7.21. The first-order chi connectivity index (χ1) is 16.7. The Kier molecular flexibility index (Phi) is 5.74. The second kappa shape index (κ2) is 8.63. The number of para-hydroxylation sites is 2. The highest BCUT2D eigenvalue weighted by atomic mass is 32.1. The van der Waals surface area contributed by atoms with E-state index in [9.17, 15) is 24.3 Å². The van der Waals surface area contributed by atoms with E-state index < -0.39 is 23.3 Å². The summed E-state index contributed by atoms with van der Waals surface area (Å²) in [5, 5.41) is 11.0. The minimum Gasteiger partial charge on any atom is -0.389 e. The number of aromatic amines is 1. The van der Waals surface area contributed by atoms with Gasteiger partial charge in [-0.2, -0.15) is 0 Å². The number of H-pyrrole nitrogens is 1. The molecular weight excluding hydrogens is 474 g/mol. The van der Waals surface area contributed by atoms with E-state index in [0.29, 0.717) is 27.3 Å². The predicted octanol–water partition coefficient (Wildman–Crippen LogP) is 0.857. The highest BCUT2D eigenvalue weighted by Gasteiger charge is 2.33. The molecule has 5 rings (SSSR count). The van der Waals surface area contributed by atoms with Crippen LogP contribution in [0, 0.1) is 5.92 Å². The maximum absolute atomic E-state index is 13.6. The number of nitrogens with one attached hydrogen (secondary N) is 1. The van der Waals surface area contributed by atoms with Crippen LogP contribution in [0.2, 0.25) is 0 Å². The average molecular weight is 500 g/mol. The van der Waals surface area contributed by atoms with Crippen molar-refractivity contribution < 1.29 is 14.7 Å². The zero-order chi connectivity index (χ0) is 25.0. The Morgan fingerprint density at radius 1 is 1.23 bits per heavy atom. The number of carbonyl (C=O) groups excluding carboxylic acids is 1. The van der Waals surface area contributed by atoms with E-state index >= 15 is 0 Å². The monoisotopic (exact) mass is 499 g/mol. The molecule has 1 aliphatic heterocycles. The summed E-state index contributed by atoms with van der Waals surface area (Å²) in [4.78, 5) is 61.7. The topological polar surface area (TPSA) is 132 Å². The molecule has 0 unspecified atom stereocenters. The molecule has 4 heterocycles. The average Bonchev–Trinajstić information content (AvgIpc) is 3.50. The number of hydrogen-bond acceptors (Lipinski definition) is 7. The lowest BCUT2D eigenvalue weighted by Crippen LogP contribution is -2.39. The lowest BCUT2D eigenvalue weighted by atomic mass is 10.1. The van der Waals surface area contributed by atoms with E-state index in [4.69, 9.17) is 4.84 Å². The second-order valence-electron chi connectivity index (χ2n) is 9.08. The first kappa shape index (κ1) is 23.3. The number of carbonyl (C=O) groups is 1. The summed E-state index contributed by atoms with van der Waals surface area (Å²) >= 11 is 1.14. The van der Waals surface area contributed by atoms with Crippen LogP contribution in [0.4, 0.5) is 0 Å². The van der Waals surface area contributed by atoms with Crippen LogP contribution in [0.1, 0.15) is 29.1 Å². The zero-order valence-electron chi connectivity index (χ0n) is 19.5. The molecule has 1 amide bonds. The fraction of sp³-hybridized carbons (Fsp3) is 0.391. The fourth-order valence-electron chi connectivity index (χ4n) is 4.39. The third-order valence-electron chi connectivity index (χ3n) is 6.01. The van der Waals surface area contributed by atoms with Crippen molar-refractivity contribution in [2.24, 2.45) is 13.0 Å². The molecule has 4 aromatic rings. The van der Waals surface area contributed by atoms with Crippen molar-refractivity contribution in [3.05, 3.63) is 66.0 Å². The molecule has 12 heteroatoms. The summed E-state index contributed by atoms with van der Waals surface area (Å²) in [6.45, 7) is 4.18. The number of hydrogen-bond donors (Lipinski definition) is 2. The molecule has 2 N–H and O–H groups in total. The summed E-state index contributed by atoms with van der Waals surface area (Å²) in [5.74, 6) is -0.492. The van der Waals surface area contributed by atoms with Crippen molar-refractivity contribution in [1.29, 1.82) is 0 Å². The normalized spacial score (nSPS) is 16.3. The van der Waals surface area contributed by atoms with E-state index in [2.05, 4.69) is 4.98 Å². The lowest BCUT2D eigenvalue weighted by Gasteiger charge is -2.15. The predicted molar refractivity (Wildman–Crippen MR) is 131 cm³/mol. The van der Waals surface area contributed by atoms with Gasteiger partial charge in [0.05, 0.1) is 35.1 Å². The van der Waals surface area contributed by atoms with Crippen molar-refractivity contribution in [3.8, 4) is 0 Å². The Bertz CT molecular complexity index is 1640. The molecule has 0 radical (unpaired) electrons. The number of nitrogens with zero attached hydrogens (tertiary/aromatic N) is 4. The Balaban J connectivity index is 1.79. The number of hydroxylamine groups is 2. The molecule has 1 aliphatic rings. The molecule has 0 spiro atoms. The molecule has 0 aliphatic carbocycles. The van der Waals surface area contributed by atoms with Gasteiger partial charge in [0.25, 0.3) is 11.5 Å². The molecule has 0 bridgehead atoms. The number of fused-ring (bicyclic) bond motifs is 2. The summed E-state index contributed by atoms with van der Waals surface area (Å²) in [7, 11) is 1.38. The van der Waals surface area contributed by atoms with Gasteiger partial charge in [-0.25, -0.2) is 14.7 Å². The van der Waals surface area contributed by atoms with Crippen LogP contribution in [-0.4, -0.2) is 54.0 Å². The van der Waals surface area contributed by atoms with Gasteiger partial charge in [0, 0.05) is 18.5 Å². The van der Waals surface area contributed by atoms with Crippen LogP contribution in [0.15, 0.2) is 38.6 Å². The van der Waals surface area contributed by atoms with E-state index in [-0.39, 0.29) is 42.3 Å². The molecule has 0 saturated carbocycles. The van der Waals surface area contributed by atoms with Crippen LogP contribution in [0.25, 0.3) is 21.3 Å². The third kappa shape index (κ3) is 3.83. The van der Waals surface area contributed by atoms with Gasteiger partial charge in [0.2, 0.25) is 0 Å². The number of rotatable bonds is 5. The molecule has 184 valence electrons. The van der Waals surface area contributed by atoms with Crippen molar-refractivity contribution >= 4 is 38.5 Å². The fourth-order valence-corrected chi connectivity index (χ4v) is 5.66. The number of thiophene rings is 1. The quantitative estimate of drug-likeness (QED) is 0.419. The van der Waals surface area contributed by atoms with Gasteiger partial charge in [-0.15, -0.1) is 11.3 Å². The largest absolute Gasteiger partial charge is 0.389 e. The molecule has 1 atom stereocenters. The number of aromatic nitrogens is 4. The molecule has 3 aromatic heterocycles. The van der Waals surface area contributed by atoms with E-state index in [1.807, 2.05) is 13.8 Å². The van der Waals surface area contributed by atoms with Crippen molar-refractivity contribution in [3.63, 3.8) is 0 Å². The van der Waals surface area contributed by atoms with E-state index in [1.54, 1.807) is 24.3 Å². The highest BCUT2D eigenvalue weighted by Crippen LogP contribution is 2.32. The maximum atomic E-state index is 13.6. The van der Waals surface area contributed by atoms with Gasteiger partial charge in [-0.1, -0.05) is 26.0 Å². The molecule has 1 aromatic carbocycles. The van der Waals surface area contributed by atoms with Crippen LogP contribution in [-0.2, 0) is 25.0 Å². The standard InChI is InChI=1S/C23H25N5O6S/c1-12(2)8-27-21-18(19(30)25(3)23(27)33)17(20(31)28-9-13(29)11-34-28)16(35-21)10-26-15-7-5-4-6-14(15)24-22(26)32/h4-7,12-13,29H,8-11H2,1-3H3,(H,24,32)/t13-/m0/s1. The SMILES string of the molecule is CC(C)Cn1c(=O)n(C)c(=O)c2c(C(=O)N3C[C@H](O)CO3)c(Cn3c(=O)[nH]c4ccccc43)sc21. The Morgan fingerprint density at radius 2 is 1.97 bits per heavy atom. The molecule has 11 nitrogen and oxygen atoms in total. The van der Waals surface area contributed by atoms with Crippen molar-refractivity contribution in [2.45, 2.75) is 33.0 Å². The van der Waals surface area contributed by atoms with Gasteiger partial charge in [-0.05, 0) is 18.1 Å². The number of benzene rings is 1. The summed E-state index contributed by atoms with van der Waals surface area (Å²) in [6.07, 6.45) is -0.842. The minimum atomic E-state index is -0.842. The number of amides is 1. The van der Waals surface area contributed by atoms with Gasteiger partial charge < -0.3 is 10.1 Å². The van der Waals surface area contributed by atoms with E-state index in [1.165, 1.54) is 16.2 Å². The van der Waals surface area contributed by atoms with Crippen LogP contribution < -0.4 is 16.9 Å². The van der Waals surface area contributed by atoms with Crippen LogP contribution in [0.5, 0.6) is 0 Å². The van der Waals surface area contributed by atoms with Crippen LogP contribution >= 0.6 is 11.3 Å². The summed E-state index contributed by atoms with van der Waals surface area (Å²) < 4.78 is 3.99. The molecule has 1 fully saturated rings. The molecular formula is C23H25N5O6S. The van der Waals surface area contributed by atoms with Gasteiger partial charge in [-0.3, -0.25) is 28.1 Å². The lowest BCUT2D eigenvalue weighted by molar-refractivity contribution is -0.0778. The first-order valence-corrected chi connectivity index (χ1v) is 12.0.